The zero-order valence-corrected chi connectivity index (χ0v) is 21.9. The summed E-state index contributed by atoms with van der Waals surface area (Å²) < 4.78 is 10.8. The second-order valence-electron chi connectivity index (χ2n) is 10.4. The van der Waals surface area contributed by atoms with E-state index in [1.54, 1.807) is 12.1 Å². The van der Waals surface area contributed by atoms with Gasteiger partial charge in [0.25, 0.3) is 11.8 Å². The molecule has 0 spiro atoms. The highest BCUT2D eigenvalue weighted by Gasteiger charge is 2.39. The topological polar surface area (TPSA) is 88.2 Å². The van der Waals surface area contributed by atoms with Crippen molar-refractivity contribution in [1.29, 1.82) is 0 Å². The Morgan fingerprint density at radius 3 is 2.51 bits per heavy atom. The molecule has 0 bridgehead atoms. The fraction of sp³-hybridized carbons (Fsp3) is 0.323. The van der Waals surface area contributed by atoms with Crippen LogP contribution in [0.25, 0.3) is 0 Å². The van der Waals surface area contributed by atoms with Crippen molar-refractivity contribution in [2.24, 2.45) is 5.92 Å². The highest BCUT2D eigenvalue weighted by molar-refractivity contribution is 6.23. The van der Waals surface area contributed by atoms with Crippen molar-refractivity contribution in [3.8, 4) is 11.5 Å². The van der Waals surface area contributed by atoms with Gasteiger partial charge in [0.05, 0.1) is 23.4 Å². The van der Waals surface area contributed by atoms with E-state index in [0.717, 1.165) is 11.3 Å². The van der Waals surface area contributed by atoms with Crippen molar-refractivity contribution in [1.82, 2.24) is 10.2 Å². The fourth-order valence-corrected chi connectivity index (χ4v) is 5.62. The van der Waals surface area contributed by atoms with Crippen molar-refractivity contribution in [3.63, 3.8) is 0 Å². The van der Waals surface area contributed by atoms with Crippen LogP contribution in [0, 0.1) is 5.92 Å². The smallest absolute Gasteiger partial charge is 0.263 e. The average Bonchev–Trinajstić information content (AvgIpc) is 3.54. The molecule has 1 atom stereocenters. The lowest BCUT2D eigenvalue weighted by Crippen LogP contribution is -2.41. The molecule has 1 N–H and O–H groups in total. The number of nitrogens with zero attached hydrogens (tertiary/aromatic N) is 2. The van der Waals surface area contributed by atoms with Gasteiger partial charge in [-0.1, -0.05) is 49.4 Å². The third-order valence-electron chi connectivity index (χ3n) is 7.91. The summed E-state index contributed by atoms with van der Waals surface area (Å²) in [5.41, 5.74) is 3.63. The van der Waals surface area contributed by atoms with E-state index in [1.165, 1.54) is 10.5 Å². The molecule has 3 aliphatic heterocycles. The van der Waals surface area contributed by atoms with Gasteiger partial charge in [0.15, 0.2) is 11.5 Å². The lowest BCUT2D eigenvalue weighted by Gasteiger charge is -2.34. The Kier molecular flexibility index (Phi) is 6.69. The summed E-state index contributed by atoms with van der Waals surface area (Å²) >= 11 is 0. The number of rotatable bonds is 7. The van der Waals surface area contributed by atoms with E-state index in [1.807, 2.05) is 42.5 Å². The number of ether oxygens (including phenoxy) is 2. The molecule has 39 heavy (non-hydrogen) atoms. The standard InChI is InChI=1S/C31H31N3O5/c1-20(22-6-3-2-4-7-22)17-32-29(35)23-12-14-33(15-13-23)25-9-5-8-24-28(25)31(37)34(30(24)36)18-21-10-11-26-27(16-21)39-19-38-26/h2-11,16,20,23H,12-15,17-19H2,1H3,(H,32,35)/t20-/m1/s1. The van der Waals surface area contributed by atoms with Crippen molar-refractivity contribution < 1.29 is 23.9 Å². The van der Waals surface area contributed by atoms with Gasteiger partial charge in [0.1, 0.15) is 0 Å². The Bertz CT molecular complexity index is 1410. The molecule has 3 aliphatic rings. The van der Waals surface area contributed by atoms with Crippen molar-refractivity contribution >= 4 is 23.4 Å². The predicted molar refractivity (Wildman–Crippen MR) is 146 cm³/mol. The maximum absolute atomic E-state index is 13.5. The van der Waals surface area contributed by atoms with Gasteiger partial charge in [-0.2, -0.15) is 0 Å². The summed E-state index contributed by atoms with van der Waals surface area (Å²) in [5.74, 6) is 0.941. The van der Waals surface area contributed by atoms with Crippen molar-refractivity contribution in [2.45, 2.75) is 32.2 Å². The molecule has 8 nitrogen and oxygen atoms in total. The maximum Gasteiger partial charge on any atom is 0.263 e. The van der Waals surface area contributed by atoms with Crippen molar-refractivity contribution in [3.05, 3.63) is 89.0 Å². The second-order valence-corrected chi connectivity index (χ2v) is 10.4. The summed E-state index contributed by atoms with van der Waals surface area (Å²) in [4.78, 5) is 43.0. The number of amides is 3. The summed E-state index contributed by atoms with van der Waals surface area (Å²) in [6, 6.07) is 21.1. The molecule has 0 saturated carbocycles. The molecule has 3 aromatic rings. The lowest BCUT2D eigenvalue weighted by atomic mass is 9.94. The van der Waals surface area contributed by atoms with Crippen LogP contribution in [0.2, 0.25) is 0 Å². The monoisotopic (exact) mass is 525 g/mol. The van der Waals surface area contributed by atoms with E-state index in [4.69, 9.17) is 9.47 Å². The fourth-order valence-electron chi connectivity index (χ4n) is 5.62. The molecule has 8 heteroatoms. The number of benzene rings is 3. The summed E-state index contributed by atoms with van der Waals surface area (Å²) in [6.45, 7) is 4.33. The number of carbonyl (C=O) groups is 3. The van der Waals surface area contributed by atoms with Crippen LogP contribution in [0.3, 0.4) is 0 Å². The zero-order chi connectivity index (χ0) is 26.9. The van der Waals surface area contributed by atoms with Crippen LogP contribution in [-0.2, 0) is 11.3 Å². The van der Waals surface area contributed by atoms with Crippen LogP contribution < -0.4 is 19.7 Å². The number of anilines is 1. The second kappa shape index (κ2) is 10.4. The number of hydrogen-bond donors (Lipinski definition) is 1. The van der Waals surface area contributed by atoms with Crippen LogP contribution >= 0.6 is 0 Å². The number of nitrogens with one attached hydrogen (secondary N) is 1. The molecule has 0 unspecified atom stereocenters. The molecule has 1 fully saturated rings. The molecular weight excluding hydrogens is 494 g/mol. The van der Waals surface area contributed by atoms with Gasteiger partial charge in [-0.05, 0) is 54.2 Å². The van der Waals surface area contributed by atoms with E-state index >= 15 is 0 Å². The van der Waals surface area contributed by atoms with Crippen LogP contribution in [0.15, 0.2) is 66.7 Å². The first-order valence-corrected chi connectivity index (χ1v) is 13.4. The third-order valence-corrected chi connectivity index (χ3v) is 7.91. The number of piperidine rings is 1. The first-order valence-electron chi connectivity index (χ1n) is 13.4. The van der Waals surface area contributed by atoms with E-state index in [0.29, 0.717) is 55.1 Å². The summed E-state index contributed by atoms with van der Waals surface area (Å²) in [7, 11) is 0. The average molecular weight is 526 g/mol. The largest absolute Gasteiger partial charge is 0.454 e. The SMILES string of the molecule is C[C@H](CNC(=O)C1CCN(c2cccc3c2C(=O)N(Cc2ccc4c(c2)OCO4)C3=O)CC1)c1ccccc1. The Labute approximate surface area is 227 Å². The third kappa shape index (κ3) is 4.82. The predicted octanol–water partition coefficient (Wildman–Crippen LogP) is 4.35. The van der Waals surface area contributed by atoms with Gasteiger partial charge in [0.2, 0.25) is 12.7 Å². The van der Waals surface area contributed by atoms with E-state index < -0.39 is 0 Å². The van der Waals surface area contributed by atoms with E-state index in [-0.39, 0.29) is 42.9 Å². The van der Waals surface area contributed by atoms with Crippen LogP contribution in [0.1, 0.15) is 57.5 Å². The van der Waals surface area contributed by atoms with Gasteiger partial charge in [-0.25, -0.2) is 0 Å². The Morgan fingerprint density at radius 2 is 1.72 bits per heavy atom. The maximum atomic E-state index is 13.5. The molecule has 6 rings (SSSR count). The van der Waals surface area contributed by atoms with Crippen molar-refractivity contribution in [2.75, 3.05) is 31.3 Å². The molecule has 0 aliphatic carbocycles. The first-order chi connectivity index (χ1) is 19.0. The molecule has 3 heterocycles. The first kappa shape index (κ1) is 25.0. The minimum absolute atomic E-state index is 0.0687. The molecule has 200 valence electrons. The van der Waals surface area contributed by atoms with Gasteiger partial charge in [-0.15, -0.1) is 0 Å². The molecule has 3 amide bonds. The van der Waals surface area contributed by atoms with Gasteiger partial charge >= 0.3 is 0 Å². The minimum Gasteiger partial charge on any atom is -0.454 e. The normalized spacial score (nSPS) is 17.4. The highest BCUT2D eigenvalue weighted by atomic mass is 16.7. The molecule has 0 radical (unpaired) electrons. The number of fused-ring (bicyclic) bond motifs is 2. The molecular formula is C31H31N3O5. The Hall–Kier alpha value is -4.33. The van der Waals surface area contributed by atoms with E-state index in [9.17, 15) is 14.4 Å². The molecule has 0 aromatic heterocycles. The van der Waals surface area contributed by atoms with Crippen LogP contribution in [0.4, 0.5) is 5.69 Å². The lowest BCUT2D eigenvalue weighted by molar-refractivity contribution is -0.125. The number of carbonyl (C=O) groups excluding carboxylic acids is 3. The quantitative estimate of drug-likeness (QED) is 0.462. The van der Waals surface area contributed by atoms with Gasteiger partial charge < -0.3 is 19.7 Å². The Balaban J connectivity index is 1.09. The molecule has 3 aromatic carbocycles. The van der Waals surface area contributed by atoms with Gasteiger partial charge in [-0.3, -0.25) is 19.3 Å². The zero-order valence-electron chi connectivity index (χ0n) is 21.9. The summed E-state index contributed by atoms with van der Waals surface area (Å²) in [5, 5.41) is 3.12. The van der Waals surface area contributed by atoms with Gasteiger partial charge in [0, 0.05) is 25.6 Å². The highest BCUT2D eigenvalue weighted by Crippen LogP contribution is 2.36. The van der Waals surface area contributed by atoms with Crippen LogP contribution in [-0.4, -0.2) is 49.0 Å². The van der Waals surface area contributed by atoms with E-state index in [2.05, 4.69) is 29.3 Å². The number of hydrogen-bond acceptors (Lipinski definition) is 6. The molecule has 1 saturated heterocycles. The summed E-state index contributed by atoms with van der Waals surface area (Å²) in [6.07, 6.45) is 1.39. The number of imide groups is 1. The minimum atomic E-state index is -0.295. The Morgan fingerprint density at radius 1 is 0.949 bits per heavy atom. The van der Waals surface area contributed by atoms with Crippen LogP contribution in [0.5, 0.6) is 11.5 Å².